The fourth-order valence-electron chi connectivity index (χ4n) is 5.42. The summed E-state index contributed by atoms with van der Waals surface area (Å²) in [5.41, 5.74) is 1.17. The van der Waals surface area contributed by atoms with E-state index in [9.17, 15) is 4.79 Å². The summed E-state index contributed by atoms with van der Waals surface area (Å²) in [6, 6.07) is 0.618. The normalized spacial score (nSPS) is 26.2. The minimum atomic E-state index is -0.150. The number of aromatic nitrogens is 2. The summed E-state index contributed by atoms with van der Waals surface area (Å²) in [6.07, 6.45) is 6.67. The summed E-state index contributed by atoms with van der Waals surface area (Å²) in [7, 11) is 0. The molecule has 2 fully saturated rings. The van der Waals surface area contributed by atoms with E-state index < -0.39 is 0 Å². The molecule has 0 unspecified atom stereocenters. The monoisotopic (exact) mass is 479 g/mol. The second-order valence-corrected chi connectivity index (χ2v) is 10.3. The highest BCUT2D eigenvalue weighted by molar-refractivity contribution is 7.19. The van der Waals surface area contributed by atoms with Gasteiger partial charge in [-0.3, -0.25) is 9.69 Å². The van der Waals surface area contributed by atoms with Gasteiger partial charge in [-0.1, -0.05) is 0 Å². The van der Waals surface area contributed by atoms with E-state index in [0.717, 1.165) is 75.0 Å². The summed E-state index contributed by atoms with van der Waals surface area (Å²) in [6.45, 7) is 5.98. The van der Waals surface area contributed by atoms with Crippen LogP contribution in [0.3, 0.4) is 0 Å². The first-order valence-corrected chi connectivity index (χ1v) is 12.9. The highest BCUT2D eigenvalue weighted by Crippen LogP contribution is 2.48. The molecule has 3 aliphatic rings. The predicted octanol–water partition coefficient (Wildman–Crippen LogP) is 4.35. The molecule has 5 rings (SSSR count). The first-order valence-electron chi connectivity index (χ1n) is 11.7. The van der Waals surface area contributed by atoms with Gasteiger partial charge in [-0.2, -0.15) is 4.98 Å². The van der Waals surface area contributed by atoms with Crippen LogP contribution in [0, 0.1) is 0 Å². The molecule has 9 heteroatoms. The molecule has 0 amide bonds. The van der Waals surface area contributed by atoms with Gasteiger partial charge in [0.15, 0.2) is 0 Å². The number of hydrogen-bond acceptors (Lipinski definition) is 8. The third kappa shape index (κ3) is 4.60. The van der Waals surface area contributed by atoms with Gasteiger partial charge < -0.3 is 14.2 Å². The van der Waals surface area contributed by atoms with E-state index in [1.165, 1.54) is 10.4 Å². The maximum Gasteiger partial charge on any atom is 0.306 e. The zero-order valence-corrected chi connectivity index (χ0v) is 20.1. The number of fused-ring (bicyclic) bond motifs is 3. The number of nitrogens with zero attached hydrogens (tertiary/aromatic N) is 3. The topological polar surface area (TPSA) is 73.8 Å². The lowest BCUT2D eigenvalue weighted by Crippen LogP contribution is -2.46. The van der Waals surface area contributed by atoms with Crippen molar-refractivity contribution in [2.75, 3.05) is 32.9 Å². The van der Waals surface area contributed by atoms with Crippen LogP contribution in [0.25, 0.3) is 10.2 Å². The van der Waals surface area contributed by atoms with Gasteiger partial charge in [0, 0.05) is 24.0 Å². The van der Waals surface area contributed by atoms with Gasteiger partial charge >= 0.3 is 5.97 Å². The Morgan fingerprint density at radius 2 is 1.97 bits per heavy atom. The molecule has 0 radical (unpaired) electrons. The lowest BCUT2D eigenvalue weighted by atomic mass is 9.91. The summed E-state index contributed by atoms with van der Waals surface area (Å²) >= 11 is 7.92. The molecule has 3 heterocycles. The van der Waals surface area contributed by atoms with E-state index >= 15 is 0 Å². The first kappa shape index (κ1) is 22.3. The standard InChI is InChI=1S/C23H30ClN3O4S/c1-2-30-18(28)13-14-3-8-17-19(14)20-21(25-23(24)26-22(20)32-17)31-16-6-4-15(5-7-16)27-9-11-29-12-10-27/h14-16H,2-13H2,1H3/t14-,15?,16?/m1/s1. The molecular formula is C23H30ClN3O4S. The number of halogens is 1. The van der Waals surface area contributed by atoms with Gasteiger partial charge in [-0.25, -0.2) is 4.98 Å². The lowest BCUT2D eigenvalue weighted by molar-refractivity contribution is -0.143. The van der Waals surface area contributed by atoms with Crippen LogP contribution >= 0.6 is 22.9 Å². The van der Waals surface area contributed by atoms with Crippen LogP contribution in [-0.4, -0.2) is 65.9 Å². The van der Waals surface area contributed by atoms with Gasteiger partial charge in [-0.05, 0) is 68.5 Å². The Kier molecular flexibility index (Phi) is 6.83. The molecule has 1 saturated carbocycles. The molecule has 2 aliphatic carbocycles. The van der Waals surface area contributed by atoms with E-state index in [-0.39, 0.29) is 23.3 Å². The molecule has 7 nitrogen and oxygen atoms in total. The summed E-state index contributed by atoms with van der Waals surface area (Å²) in [5.74, 6) is 0.563. The Morgan fingerprint density at radius 3 is 2.72 bits per heavy atom. The molecule has 0 bridgehead atoms. The predicted molar refractivity (Wildman–Crippen MR) is 124 cm³/mol. The van der Waals surface area contributed by atoms with Gasteiger partial charge in [-0.15, -0.1) is 11.3 Å². The number of morpholine rings is 1. The summed E-state index contributed by atoms with van der Waals surface area (Å²) < 4.78 is 17.2. The molecule has 1 aliphatic heterocycles. The molecule has 1 atom stereocenters. The molecule has 0 spiro atoms. The second kappa shape index (κ2) is 9.79. The highest BCUT2D eigenvalue weighted by Gasteiger charge is 2.34. The van der Waals surface area contributed by atoms with Crippen LogP contribution < -0.4 is 4.74 Å². The molecule has 0 N–H and O–H groups in total. The highest BCUT2D eigenvalue weighted by atomic mass is 35.5. The van der Waals surface area contributed by atoms with Crippen LogP contribution in [0.15, 0.2) is 0 Å². The molecule has 2 aromatic rings. The van der Waals surface area contributed by atoms with Crippen LogP contribution in [-0.2, 0) is 20.7 Å². The number of rotatable bonds is 6. The van der Waals surface area contributed by atoms with Crippen molar-refractivity contribution in [3.8, 4) is 5.88 Å². The summed E-state index contributed by atoms with van der Waals surface area (Å²) in [5, 5.41) is 1.17. The maximum absolute atomic E-state index is 12.2. The smallest absolute Gasteiger partial charge is 0.306 e. The Labute approximate surface area is 197 Å². The van der Waals surface area contributed by atoms with Crippen molar-refractivity contribution in [1.29, 1.82) is 0 Å². The minimum Gasteiger partial charge on any atom is -0.474 e. The number of thiophene rings is 1. The van der Waals surface area contributed by atoms with E-state index in [0.29, 0.717) is 24.9 Å². The van der Waals surface area contributed by atoms with Crippen molar-refractivity contribution >= 4 is 39.1 Å². The molecule has 1 saturated heterocycles. The summed E-state index contributed by atoms with van der Waals surface area (Å²) in [4.78, 5) is 25.8. The van der Waals surface area contributed by atoms with Crippen LogP contribution in [0.2, 0.25) is 5.28 Å². The number of carbonyl (C=O) groups excluding carboxylic acids is 1. The first-order chi connectivity index (χ1) is 15.6. The number of carbonyl (C=O) groups is 1. The van der Waals surface area contributed by atoms with Gasteiger partial charge in [0.1, 0.15) is 10.9 Å². The zero-order valence-electron chi connectivity index (χ0n) is 18.5. The van der Waals surface area contributed by atoms with Crippen molar-refractivity contribution in [3.63, 3.8) is 0 Å². The van der Waals surface area contributed by atoms with Crippen LogP contribution in [0.4, 0.5) is 0 Å². The van der Waals surface area contributed by atoms with E-state index in [2.05, 4.69) is 14.9 Å². The average Bonchev–Trinajstić information content (AvgIpc) is 3.34. The van der Waals surface area contributed by atoms with E-state index in [1.807, 2.05) is 6.92 Å². The quantitative estimate of drug-likeness (QED) is 0.450. The van der Waals surface area contributed by atoms with Crippen molar-refractivity contribution in [3.05, 3.63) is 15.7 Å². The van der Waals surface area contributed by atoms with Crippen molar-refractivity contribution < 1.29 is 19.0 Å². The molecule has 174 valence electrons. The molecular weight excluding hydrogens is 450 g/mol. The van der Waals surface area contributed by atoms with E-state index in [4.69, 9.17) is 25.8 Å². The van der Waals surface area contributed by atoms with Gasteiger partial charge in [0.25, 0.3) is 0 Å². The maximum atomic E-state index is 12.2. The third-order valence-electron chi connectivity index (χ3n) is 6.94. The fraction of sp³-hybridized carbons (Fsp3) is 0.696. The Hall–Kier alpha value is -1.48. The number of esters is 1. The number of aryl methyl sites for hydroxylation is 1. The molecule has 0 aromatic carbocycles. The Balaban J connectivity index is 1.34. The number of hydrogen-bond donors (Lipinski definition) is 0. The number of ether oxygens (including phenoxy) is 3. The zero-order chi connectivity index (χ0) is 22.1. The lowest BCUT2D eigenvalue weighted by Gasteiger charge is -2.38. The fourth-order valence-corrected chi connectivity index (χ4v) is 6.89. The molecule has 32 heavy (non-hydrogen) atoms. The van der Waals surface area contributed by atoms with Crippen molar-refractivity contribution in [2.24, 2.45) is 0 Å². The van der Waals surface area contributed by atoms with Crippen LogP contribution in [0.5, 0.6) is 5.88 Å². The SMILES string of the molecule is CCOC(=O)C[C@H]1CCc2sc3nc(Cl)nc(OC4CCC(N5CCOCC5)CC4)c3c21. The Bertz CT molecular complexity index is 970. The van der Waals surface area contributed by atoms with Crippen molar-refractivity contribution in [1.82, 2.24) is 14.9 Å². The molecule has 2 aromatic heterocycles. The average molecular weight is 480 g/mol. The van der Waals surface area contributed by atoms with Crippen molar-refractivity contribution in [2.45, 2.75) is 69.9 Å². The largest absolute Gasteiger partial charge is 0.474 e. The van der Waals surface area contributed by atoms with E-state index in [1.54, 1.807) is 11.3 Å². The minimum absolute atomic E-state index is 0.127. The van der Waals surface area contributed by atoms with Crippen LogP contribution in [0.1, 0.15) is 61.8 Å². The van der Waals surface area contributed by atoms with Gasteiger partial charge in [0.05, 0.1) is 31.6 Å². The van der Waals surface area contributed by atoms with Gasteiger partial charge in [0.2, 0.25) is 11.2 Å². The second-order valence-electron chi connectivity index (χ2n) is 8.86. The Morgan fingerprint density at radius 1 is 1.19 bits per heavy atom. The third-order valence-corrected chi connectivity index (χ3v) is 8.26.